The van der Waals surface area contributed by atoms with Crippen molar-refractivity contribution in [3.63, 3.8) is 0 Å². The van der Waals surface area contributed by atoms with Gasteiger partial charge in [-0.25, -0.2) is 14.3 Å². The van der Waals surface area contributed by atoms with Gasteiger partial charge >= 0.3 is 12.2 Å². The van der Waals surface area contributed by atoms with Crippen LogP contribution in [0.2, 0.25) is 0 Å². The zero-order valence-electron chi connectivity index (χ0n) is 31.7. The summed E-state index contributed by atoms with van der Waals surface area (Å²) in [5.74, 6) is 0.524. The van der Waals surface area contributed by atoms with Crippen LogP contribution in [0, 0.1) is 0 Å². The van der Waals surface area contributed by atoms with Gasteiger partial charge < -0.3 is 28.4 Å². The molecule has 0 aliphatic carbocycles. The van der Waals surface area contributed by atoms with Crippen LogP contribution in [0.4, 0.5) is 9.59 Å². The number of carbonyl (C=O) groups is 2. The molecule has 3 aromatic heterocycles. The van der Waals surface area contributed by atoms with Crippen LogP contribution < -0.4 is 4.74 Å². The summed E-state index contributed by atoms with van der Waals surface area (Å²) in [6.07, 6.45) is 9.05. The number of aromatic nitrogens is 5. The molecular weight excluding hydrogens is 680 g/mol. The highest BCUT2D eigenvalue weighted by molar-refractivity contribution is 5.92. The number of piperidine rings is 1. The number of fused-ring (bicyclic) bond motifs is 3. The second-order valence-electron chi connectivity index (χ2n) is 16.1. The first-order chi connectivity index (χ1) is 25.3. The predicted octanol–water partition coefficient (Wildman–Crippen LogP) is 7.31. The monoisotopic (exact) mass is 730 g/mol. The van der Waals surface area contributed by atoms with Crippen LogP contribution in [0.5, 0.6) is 5.75 Å². The molecule has 3 unspecified atom stereocenters. The minimum atomic E-state index is -0.724. The van der Waals surface area contributed by atoms with Crippen LogP contribution in [0.25, 0.3) is 33.4 Å². The van der Waals surface area contributed by atoms with Gasteiger partial charge in [0.25, 0.3) is 0 Å². The van der Waals surface area contributed by atoms with Crippen molar-refractivity contribution in [1.82, 2.24) is 29.4 Å². The molecule has 14 heteroatoms. The lowest BCUT2D eigenvalue weighted by Gasteiger charge is -2.48. The Kier molecular flexibility index (Phi) is 10.2. The molecule has 3 aliphatic rings. The number of benzene rings is 1. The lowest BCUT2D eigenvalue weighted by Crippen LogP contribution is -2.59. The summed E-state index contributed by atoms with van der Waals surface area (Å²) in [5, 5.41) is 14.0. The topological polar surface area (TPSA) is 141 Å². The number of amides is 1. The Morgan fingerprint density at radius 2 is 1.64 bits per heavy atom. The van der Waals surface area contributed by atoms with Crippen LogP contribution in [0.15, 0.2) is 42.9 Å². The van der Waals surface area contributed by atoms with Crippen molar-refractivity contribution in [3.8, 4) is 28.1 Å². The third-order valence-electron chi connectivity index (χ3n) is 9.71. The van der Waals surface area contributed by atoms with E-state index in [0.29, 0.717) is 54.1 Å². The Balaban J connectivity index is 1.24. The van der Waals surface area contributed by atoms with Crippen molar-refractivity contribution in [2.45, 2.75) is 109 Å². The van der Waals surface area contributed by atoms with Crippen LogP contribution in [-0.2, 0) is 23.7 Å². The molecule has 3 saturated heterocycles. The third-order valence-corrected chi connectivity index (χ3v) is 9.71. The van der Waals surface area contributed by atoms with Crippen molar-refractivity contribution in [2.75, 3.05) is 33.7 Å². The average molecular weight is 731 g/mol. The van der Waals surface area contributed by atoms with E-state index >= 15 is 0 Å². The molecule has 1 amide bonds. The highest BCUT2D eigenvalue weighted by Gasteiger charge is 2.44. The van der Waals surface area contributed by atoms with Gasteiger partial charge in [0.15, 0.2) is 6.79 Å². The van der Waals surface area contributed by atoms with Gasteiger partial charge in [0.05, 0.1) is 42.7 Å². The molecule has 0 saturated carbocycles. The molecule has 3 aliphatic heterocycles. The van der Waals surface area contributed by atoms with Crippen molar-refractivity contribution in [2.24, 2.45) is 0 Å². The Hall–Kier alpha value is -4.53. The number of nitrogens with zero attached hydrogens (tertiary/aromatic N) is 6. The standard InChI is InChI=1S/C39H50N6O8/c1-38(2,3)52-36(46)43-20-30(25-14-27-21-49-22-28(15-25)45(27)37(47)53-39(4,5)6)35-32(43)17-31(41-42-35)29-12-11-24(16-33(29)51-23-48-7)26-18-40-44(19-26)34-10-8-9-13-50-34/h11-12,16-20,25,27-28,34H,8-10,13-15,21-23H2,1-7H3. The second kappa shape index (κ2) is 14.7. The Bertz CT molecular complexity index is 1940. The largest absolute Gasteiger partial charge is 0.467 e. The number of rotatable bonds is 7. The lowest BCUT2D eigenvalue weighted by molar-refractivity contribution is -0.0824. The first-order valence-corrected chi connectivity index (χ1v) is 18.4. The van der Waals surface area contributed by atoms with Gasteiger partial charge in [0.1, 0.15) is 28.7 Å². The molecule has 3 fully saturated rings. The molecule has 284 valence electrons. The van der Waals surface area contributed by atoms with E-state index in [9.17, 15) is 9.59 Å². The number of morpholine rings is 1. The van der Waals surface area contributed by atoms with E-state index in [2.05, 4.69) is 5.10 Å². The number of ether oxygens (including phenoxy) is 6. The van der Waals surface area contributed by atoms with Gasteiger partial charge in [0, 0.05) is 42.8 Å². The Morgan fingerprint density at radius 1 is 0.906 bits per heavy atom. The number of carbonyl (C=O) groups excluding carboxylic acids is 2. The molecule has 6 heterocycles. The first-order valence-electron chi connectivity index (χ1n) is 18.4. The highest BCUT2D eigenvalue weighted by atomic mass is 16.7. The van der Waals surface area contributed by atoms with E-state index in [-0.39, 0.29) is 37.1 Å². The van der Waals surface area contributed by atoms with Gasteiger partial charge in [-0.2, -0.15) is 5.10 Å². The molecule has 2 bridgehead atoms. The van der Waals surface area contributed by atoms with Crippen LogP contribution in [0.1, 0.15) is 91.4 Å². The first kappa shape index (κ1) is 36.8. The molecule has 0 radical (unpaired) electrons. The normalized spacial score (nSPS) is 22.1. The maximum Gasteiger partial charge on any atom is 0.419 e. The van der Waals surface area contributed by atoms with Crippen molar-refractivity contribution < 1.29 is 38.0 Å². The summed E-state index contributed by atoms with van der Waals surface area (Å²) < 4.78 is 38.2. The van der Waals surface area contributed by atoms with Crippen LogP contribution in [0.3, 0.4) is 0 Å². The van der Waals surface area contributed by atoms with Gasteiger partial charge in [-0.3, -0.25) is 9.47 Å². The SMILES string of the molecule is COCOc1cc(-c2cnn(C3CCCCO3)c2)ccc1-c1cc2c(nn1)c(C1CC3COCC(C1)N3C(=O)OC(C)(C)C)cn2C(=O)OC(C)(C)C. The van der Waals surface area contributed by atoms with E-state index in [4.69, 9.17) is 38.6 Å². The summed E-state index contributed by atoms with van der Waals surface area (Å²) in [4.78, 5) is 28.9. The van der Waals surface area contributed by atoms with E-state index in [1.54, 1.807) is 7.11 Å². The van der Waals surface area contributed by atoms with E-state index < -0.39 is 17.3 Å². The van der Waals surface area contributed by atoms with E-state index in [1.807, 2.05) is 94.0 Å². The number of hydrogen-bond acceptors (Lipinski definition) is 11. The van der Waals surface area contributed by atoms with E-state index in [0.717, 1.165) is 42.6 Å². The minimum Gasteiger partial charge on any atom is -0.467 e. The average Bonchev–Trinajstić information content (AvgIpc) is 3.75. The fraction of sp³-hybridized carbons (Fsp3) is 0.564. The maximum absolute atomic E-state index is 13.8. The second-order valence-corrected chi connectivity index (χ2v) is 16.1. The van der Waals surface area contributed by atoms with Crippen molar-refractivity contribution in [3.05, 3.63) is 48.4 Å². The number of hydrogen-bond donors (Lipinski definition) is 0. The fourth-order valence-corrected chi connectivity index (χ4v) is 7.45. The van der Waals surface area contributed by atoms with Crippen LogP contribution in [-0.4, -0.2) is 98.6 Å². The molecule has 0 N–H and O–H groups in total. The molecule has 4 aromatic rings. The van der Waals surface area contributed by atoms with Gasteiger partial charge in [-0.15, -0.1) is 10.2 Å². The molecule has 3 atom stereocenters. The summed E-state index contributed by atoms with van der Waals surface area (Å²) in [5.41, 5.74) is 3.72. The van der Waals surface area contributed by atoms with Crippen molar-refractivity contribution in [1.29, 1.82) is 0 Å². The third kappa shape index (κ3) is 8.04. The number of methoxy groups -OCH3 is 1. The zero-order valence-corrected chi connectivity index (χ0v) is 31.7. The molecule has 1 aromatic carbocycles. The molecule has 0 spiro atoms. The van der Waals surface area contributed by atoms with Crippen LogP contribution >= 0.6 is 0 Å². The summed E-state index contributed by atoms with van der Waals surface area (Å²) in [6.45, 7) is 12.7. The quantitative estimate of drug-likeness (QED) is 0.177. The summed E-state index contributed by atoms with van der Waals surface area (Å²) >= 11 is 0. The highest BCUT2D eigenvalue weighted by Crippen LogP contribution is 2.42. The van der Waals surface area contributed by atoms with Gasteiger partial charge in [-0.05, 0) is 103 Å². The lowest BCUT2D eigenvalue weighted by atomic mass is 9.81. The maximum atomic E-state index is 13.8. The molecule has 14 nitrogen and oxygen atoms in total. The molecular formula is C39H50N6O8. The van der Waals surface area contributed by atoms with Crippen molar-refractivity contribution >= 4 is 23.2 Å². The van der Waals surface area contributed by atoms with Gasteiger partial charge in [0.2, 0.25) is 0 Å². The summed E-state index contributed by atoms with van der Waals surface area (Å²) in [7, 11) is 1.57. The fourth-order valence-electron chi connectivity index (χ4n) is 7.45. The Labute approximate surface area is 309 Å². The van der Waals surface area contributed by atoms with Gasteiger partial charge in [-0.1, -0.05) is 6.07 Å². The molecule has 53 heavy (non-hydrogen) atoms. The van der Waals surface area contributed by atoms with E-state index in [1.165, 1.54) is 4.57 Å². The molecule has 7 rings (SSSR count). The smallest absolute Gasteiger partial charge is 0.419 e. The Morgan fingerprint density at radius 3 is 2.32 bits per heavy atom. The minimum absolute atomic E-state index is 0.0151. The summed E-state index contributed by atoms with van der Waals surface area (Å²) in [6, 6.07) is 7.33. The zero-order chi connectivity index (χ0) is 37.5. The predicted molar refractivity (Wildman–Crippen MR) is 196 cm³/mol.